The summed E-state index contributed by atoms with van der Waals surface area (Å²) in [6.07, 6.45) is 4.50. The maximum Gasteiger partial charge on any atom is 0.0564 e. The summed E-state index contributed by atoms with van der Waals surface area (Å²) in [5.74, 6) is 0. The molecule has 0 bridgehead atoms. The van der Waals surface area contributed by atoms with Crippen LogP contribution < -0.4 is 5.32 Å². The van der Waals surface area contributed by atoms with Gasteiger partial charge in [-0.25, -0.2) is 0 Å². The van der Waals surface area contributed by atoms with Crippen LogP contribution in [0.15, 0.2) is 0 Å². The minimum absolute atomic E-state index is 0. The molecule has 2 aliphatic rings. The highest BCUT2D eigenvalue weighted by Gasteiger charge is 2.24. The van der Waals surface area contributed by atoms with Crippen LogP contribution in [0.5, 0.6) is 0 Å². The average Bonchev–Trinajstić information content (AvgIpc) is 2.20. The van der Waals surface area contributed by atoms with E-state index < -0.39 is 0 Å². The largest absolute Gasteiger partial charge is 0.393 e. The van der Waals surface area contributed by atoms with E-state index in [1.807, 2.05) is 0 Å². The van der Waals surface area contributed by atoms with Crippen molar-refractivity contribution < 1.29 is 5.11 Å². The van der Waals surface area contributed by atoms with Crippen LogP contribution in [0.2, 0.25) is 0 Å². The first kappa shape index (κ1) is 12.0. The SMILES string of the molecule is C.OC1CCN(C2CCNCC2)CC1. The van der Waals surface area contributed by atoms with Crippen molar-refractivity contribution in [2.75, 3.05) is 26.2 Å². The Morgan fingerprint density at radius 1 is 1.00 bits per heavy atom. The molecule has 0 saturated carbocycles. The molecule has 0 atom stereocenters. The molecule has 2 rings (SSSR count). The summed E-state index contributed by atoms with van der Waals surface area (Å²) in [7, 11) is 0. The molecule has 0 aliphatic carbocycles. The number of hydrogen-bond donors (Lipinski definition) is 2. The van der Waals surface area contributed by atoms with E-state index in [2.05, 4.69) is 10.2 Å². The second kappa shape index (κ2) is 5.69. The number of rotatable bonds is 1. The highest BCUT2D eigenvalue weighted by Crippen LogP contribution is 2.18. The first-order valence-corrected chi connectivity index (χ1v) is 5.49. The van der Waals surface area contributed by atoms with Crippen molar-refractivity contribution in [1.29, 1.82) is 0 Å². The van der Waals surface area contributed by atoms with Gasteiger partial charge in [-0.05, 0) is 38.8 Å². The Hall–Kier alpha value is -0.120. The van der Waals surface area contributed by atoms with Crippen LogP contribution in [0.4, 0.5) is 0 Å². The van der Waals surface area contributed by atoms with E-state index >= 15 is 0 Å². The van der Waals surface area contributed by atoms with Crippen molar-refractivity contribution in [1.82, 2.24) is 10.2 Å². The zero-order valence-electron chi connectivity index (χ0n) is 8.21. The van der Waals surface area contributed by atoms with Gasteiger partial charge in [0.2, 0.25) is 0 Å². The molecule has 3 heteroatoms. The molecule has 84 valence electrons. The predicted octanol–water partition coefficient (Wildman–Crippen LogP) is 0.831. The molecule has 2 fully saturated rings. The lowest BCUT2D eigenvalue weighted by Crippen LogP contribution is -2.47. The van der Waals surface area contributed by atoms with Gasteiger partial charge in [-0.3, -0.25) is 0 Å². The molecule has 3 nitrogen and oxygen atoms in total. The summed E-state index contributed by atoms with van der Waals surface area (Å²) in [6, 6.07) is 0.786. The van der Waals surface area contributed by atoms with Gasteiger partial charge in [0.25, 0.3) is 0 Å². The van der Waals surface area contributed by atoms with Crippen LogP contribution in [-0.4, -0.2) is 48.3 Å². The van der Waals surface area contributed by atoms with E-state index in [1.54, 1.807) is 0 Å². The van der Waals surface area contributed by atoms with Gasteiger partial charge in [0.1, 0.15) is 0 Å². The Kier molecular flexibility index (Phi) is 4.85. The number of nitrogens with zero attached hydrogens (tertiary/aromatic N) is 1. The number of hydrogen-bond acceptors (Lipinski definition) is 3. The van der Waals surface area contributed by atoms with Gasteiger partial charge < -0.3 is 15.3 Å². The molecule has 0 aromatic carbocycles. The number of nitrogens with one attached hydrogen (secondary N) is 1. The van der Waals surface area contributed by atoms with Crippen LogP contribution in [0.3, 0.4) is 0 Å². The lowest BCUT2D eigenvalue weighted by Gasteiger charge is -2.38. The third-order valence-corrected chi connectivity index (χ3v) is 3.32. The molecule has 0 spiro atoms. The zero-order valence-corrected chi connectivity index (χ0v) is 8.21. The van der Waals surface area contributed by atoms with Crippen molar-refractivity contribution >= 4 is 0 Å². The van der Waals surface area contributed by atoms with E-state index in [9.17, 15) is 5.11 Å². The summed E-state index contributed by atoms with van der Waals surface area (Å²) in [5.41, 5.74) is 0. The summed E-state index contributed by atoms with van der Waals surface area (Å²) in [6.45, 7) is 4.55. The Bertz CT molecular complexity index is 149. The Morgan fingerprint density at radius 3 is 2.14 bits per heavy atom. The van der Waals surface area contributed by atoms with Gasteiger partial charge in [0, 0.05) is 19.1 Å². The Labute approximate surface area is 87.5 Å². The smallest absolute Gasteiger partial charge is 0.0564 e. The second-order valence-electron chi connectivity index (χ2n) is 4.25. The lowest BCUT2D eigenvalue weighted by atomic mass is 10.00. The molecule has 2 heterocycles. The van der Waals surface area contributed by atoms with E-state index in [4.69, 9.17) is 0 Å². The maximum absolute atomic E-state index is 9.39. The van der Waals surface area contributed by atoms with Crippen molar-refractivity contribution in [2.45, 2.75) is 45.3 Å². The molecule has 0 radical (unpaired) electrons. The van der Waals surface area contributed by atoms with Crippen molar-refractivity contribution in [3.8, 4) is 0 Å². The van der Waals surface area contributed by atoms with Crippen LogP contribution in [0.25, 0.3) is 0 Å². The van der Waals surface area contributed by atoms with Gasteiger partial charge in [-0.2, -0.15) is 0 Å². The first-order valence-electron chi connectivity index (χ1n) is 5.49. The van der Waals surface area contributed by atoms with E-state index in [-0.39, 0.29) is 13.5 Å². The summed E-state index contributed by atoms with van der Waals surface area (Å²) < 4.78 is 0. The Balaban J connectivity index is 0.000000980. The minimum atomic E-state index is -0.0297. The van der Waals surface area contributed by atoms with Crippen molar-refractivity contribution in [3.63, 3.8) is 0 Å². The molecule has 2 aliphatic heterocycles. The fraction of sp³-hybridized carbons (Fsp3) is 1.00. The normalized spacial score (nSPS) is 27.2. The maximum atomic E-state index is 9.39. The third kappa shape index (κ3) is 2.94. The standard InChI is InChI=1S/C10H20N2O.CH4/c13-10-3-7-12(8-4-10)9-1-5-11-6-2-9;/h9-11,13H,1-8H2;1H4. The summed E-state index contributed by atoms with van der Waals surface area (Å²) in [4.78, 5) is 2.56. The van der Waals surface area contributed by atoms with Gasteiger partial charge in [0.15, 0.2) is 0 Å². The monoisotopic (exact) mass is 200 g/mol. The van der Waals surface area contributed by atoms with Crippen molar-refractivity contribution in [2.24, 2.45) is 0 Å². The van der Waals surface area contributed by atoms with Gasteiger partial charge in [0.05, 0.1) is 6.10 Å². The molecular formula is C11H24N2O. The van der Waals surface area contributed by atoms with E-state index in [0.29, 0.717) is 0 Å². The minimum Gasteiger partial charge on any atom is -0.393 e. The highest BCUT2D eigenvalue weighted by molar-refractivity contribution is 4.81. The van der Waals surface area contributed by atoms with Crippen LogP contribution >= 0.6 is 0 Å². The summed E-state index contributed by atoms with van der Waals surface area (Å²) >= 11 is 0. The van der Waals surface area contributed by atoms with Crippen LogP contribution in [0, 0.1) is 0 Å². The van der Waals surface area contributed by atoms with E-state index in [1.165, 1.54) is 25.9 Å². The first-order chi connectivity index (χ1) is 6.36. The molecule has 0 aromatic rings. The van der Waals surface area contributed by atoms with Crippen LogP contribution in [-0.2, 0) is 0 Å². The van der Waals surface area contributed by atoms with Gasteiger partial charge in [-0.1, -0.05) is 7.43 Å². The molecule has 14 heavy (non-hydrogen) atoms. The fourth-order valence-electron chi connectivity index (χ4n) is 2.42. The summed E-state index contributed by atoms with van der Waals surface area (Å²) in [5, 5.41) is 12.8. The number of piperidine rings is 2. The molecule has 2 N–H and O–H groups in total. The zero-order chi connectivity index (χ0) is 9.10. The molecule has 0 aromatic heterocycles. The number of aliphatic hydroxyl groups is 1. The molecule has 0 amide bonds. The predicted molar refractivity (Wildman–Crippen MR) is 59.4 cm³/mol. The van der Waals surface area contributed by atoms with Crippen molar-refractivity contribution in [3.05, 3.63) is 0 Å². The topological polar surface area (TPSA) is 35.5 Å². The Morgan fingerprint density at radius 2 is 1.57 bits per heavy atom. The molecule has 0 unspecified atom stereocenters. The third-order valence-electron chi connectivity index (χ3n) is 3.32. The van der Waals surface area contributed by atoms with Gasteiger partial charge >= 0.3 is 0 Å². The molecule has 2 saturated heterocycles. The number of aliphatic hydroxyl groups excluding tert-OH is 1. The van der Waals surface area contributed by atoms with Crippen LogP contribution in [0.1, 0.15) is 33.1 Å². The molecular weight excluding hydrogens is 176 g/mol. The average molecular weight is 200 g/mol. The second-order valence-corrected chi connectivity index (χ2v) is 4.25. The quantitative estimate of drug-likeness (QED) is 0.658. The lowest BCUT2D eigenvalue weighted by molar-refractivity contribution is 0.0525. The highest BCUT2D eigenvalue weighted by atomic mass is 16.3. The van der Waals surface area contributed by atoms with Gasteiger partial charge in [-0.15, -0.1) is 0 Å². The number of likely N-dealkylation sites (tertiary alicyclic amines) is 1. The van der Waals surface area contributed by atoms with E-state index in [0.717, 1.165) is 32.0 Å². The fourth-order valence-corrected chi connectivity index (χ4v) is 2.42.